The summed E-state index contributed by atoms with van der Waals surface area (Å²) in [5.41, 5.74) is -0.685. The lowest BCUT2D eigenvalue weighted by molar-refractivity contribution is -0.173. The quantitative estimate of drug-likeness (QED) is 0.571. The van der Waals surface area contributed by atoms with E-state index in [2.05, 4.69) is 10.6 Å². The highest BCUT2D eigenvalue weighted by Gasteiger charge is 2.47. The summed E-state index contributed by atoms with van der Waals surface area (Å²) in [6, 6.07) is 6.17. The van der Waals surface area contributed by atoms with Gasteiger partial charge in [-0.1, -0.05) is 24.3 Å². The van der Waals surface area contributed by atoms with Gasteiger partial charge in [-0.05, 0) is 43.4 Å². The van der Waals surface area contributed by atoms with Gasteiger partial charge in [-0.2, -0.15) is 0 Å². The van der Waals surface area contributed by atoms with E-state index in [-0.39, 0.29) is 36.2 Å². The Hall–Kier alpha value is -2.33. The monoisotopic (exact) mass is 501 g/mol. The summed E-state index contributed by atoms with van der Waals surface area (Å²) in [6.07, 6.45) is 6.48. The predicted molar refractivity (Wildman–Crippen MR) is 131 cm³/mol. The van der Waals surface area contributed by atoms with E-state index in [1.807, 2.05) is 12.2 Å². The molecule has 3 saturated heterocycles. The molecule has 0 radical (unpaired) electrons. The van der Waals surface area contributed by atoms with Crippen LogP contribution in [-0.2, 0) is 23.8 Å². The van der Waals surface area contributed by atoms with E-state index in [1.165, 1.54) is 12.1 Å². The highest BCUT2D eigenvalue weighted by Crippen LogP contribution is 2.37. The summed E-state index contributed by atoms with van der Waals surface area (Å²) in [5, 5.41) is 6.62. The van der Waals surface area contributed by atoms with Crippen molar-refractivity contribution in [1.29, 1.82) is 0 Å². The number of benzene rings is 1. The summed E-state index contributed by atoms with van der Waals surface area (Å²) >= 11 is 0. The van der Waals surface area contributed by atoms with Crippen LogP contribution in [0.15, 0.2) is 36.4 Å². The Morgan fingerprint density at radius 3 is 2.58 bits per heavy atom. The summed E-state index contributed by atoms with van der Waals surface area (Å²) in [5.74, 6) is -0.451. The predicted octanol–water partition coefficient (Wildman–Crippen LogP) is 1.76. The number of fused-ring (bicyclic) bond motifs is 2. The standard InChI is InChI=1S/C27H36FN3O5/c28-21-5-3-20(4-6-21)22-7-12-31-17-23(22)30-24(32)26(9-14-34-15-10-26)8-1-2-13-35-19-27(25(31)33)18-29-11-16-36-27/h1-6,22-23,29H,7-19H2,(H,30,32)/b2-1+/t22-,23-,27?/m0/s1. The zero-order valence-corrected chi connectivity index (χ0v) is 20.7. The number of carbonyl (C=O) groups excluding carboxylic acids is 2. The second-order valence-electron chi connectivity index (χ2n) is 10.4. The first kappa shape index (κ1) is 25.3. The van der Waals surface area contributed by atoms with E-state index in [4.69, 9.17) is 14.2 Å². The van der Waals surface area contributed by atoms with Gasteiger partial charge in [0.1, 0.15) is 5.82 Å². The summed E-state index contributed by atoms with van der Waals surface area (Å²) in [7, 11) is 0. The average molecular weight is 502 g/mol. The van der Waals surface area contributed by atoms with E-state index in [1.54, 1.807) is 17.0 Å². The maximum Gasteiger partial charge on any atom is 0.258 e. The third-order valence-electron chi connectivity index (χ3n) is 8.13. The molecule has 4 heterocycles. The van der Waals surface area contributed by atoms with Crippen LogP contribution in [0.4, 0.5) is 4.39 Å². The van der Waals surface area contributed by atoms with Crippen molar-refractivity contribution < 1.29 is 28.2 Å². The first-order valence-electron chi connectivity index (χ1n) is 13.0. The van der Waals surface area contributed by atoms with Gasteiger partial charge in [0.25, 0.3) is 5.91 Å². The minimum atomic E-state index is -1.09. The Morgan fingerprint density at radius 2 is 1.83 bits per heavy atom. The van der Waals surface area contributed by atoms with Crippen LogP contribution in [0.1, 0.15) is 37.2 Å². The number of rotatable bonds is 1. The molecule has 36 heavy (non-hydrogen) atoms. The van der Waals surface area contributed by atoms with Crippen LogP contribution < -0.4 is 10.6 Å². The lowest BCUT2D eigenvalue weighted by Crippen LogP contribution is -2.65. The van der Waals surface area contributed by atoms with Crippen molar-refractivity contribution in [3.63, 3.8) is 0 Å². The lowest BCUT2D eigenvalue weighted by atomic mass is 9.75. The number of hydrogen-bond donors (Lipinski definition) is 2. The smallest absolute Gasteiger partial charge is 0.258 e. The molecule has 5 rings (SSSR count). The molecule has 9 heteroatoms. The molecule has 2 spiro atoms. The molecular formula is C27H36FN3O5. The molecule has 4 aliphatic heterocycles. The summed E-state index contributed by atoms with van der Waals surface area (Å²) < 4.78 is 31.2. The topological polar surface area (TPSA) is 89.1 Å². The largest absolute Gasteiger partial charge is 0.381 e. The van der Waals surface area contributed by atoms with Crippen molar-refractivity contribution in [2.45, 2.75) is 43.2 Å². The minimum Gasteiger partial charge on any atom is -0.381 e. The Balaban J connectivity index is 1.47. The van der Waals surface area contributed by atoms with E-state index in [0.717, 1.165) is 5.56 Å². The molecule has 2 bridgehead atoms. The molecule has 2 amide bonds. The Labute approximate surface area is 211 Å². The van der Waals surface area contributed by atoms with Crippen LogP contribution in [0.2, 0.25) is 0 Å². The second-order valence-corrected chi connectivity index (χ2v) is 10.4. The molecule has 1 aromatic carbocycles. The normalized spacial score (nSPS) is 32.6. The fraction of sp³-hybridized carbons (Fsp3) is 0.630. The Morgan fingerprint density at radius 1 is 1.03 bits per heavy atom. The van der Waals surface area contributed by atoms with Gasteiger partial charge in [-0.3, -0.25) is 9.59 Å². The number of halogens is 1. The number of nitrogens with zero attached hydrogens (tertiary/aromatic N) is 1. The van der Waals surface area contributed by atoms with Crippen molar-refractivity contribution in [2.75, 3.05) is 59.2 Å². The number of hydrogen-bond acceptors (Lipinski definition) is 6. The fourth-order valence-electron chi connectivity index (χ4n) is 5.91. The number of carbonyl (C=O) groups is 2. The minimum absolute atomic E-state index is 0.00913. The molecule has 3 fully saturated rings. The molecule has 0 aromatic heterocycles. The zero-order chi connectivity index (χ0) is 25.0. The van der Waals surface area contributed by atoms with Crippen molar-refractivity contribution in [2.24, 2.45) is 5.41 Å². The number of morpholine rings is 1. The van der Waals surface area contributed by atoms with Crippen LogP contribution in [0.3, 0.4) is 0 Å². The number of ether oxygens (including phenoxy) is 3. The third-order valence-corrected chi connectivity index (χ3v) is 8.13. The van der Waals surface area contributed by atoms with Crippen LogP contribution in [0.25, 0.3) is 0 Å². The molecule has 196 valence electrons. The number of nitrogens with one attached hydrogen (secondary N) is 2. The highest BCUT2D eigenvalue weighted by atomic mass is 19.1. The molecule has 1 aromatic rings. The molecule has 0 aliphatic carbocycles. The molecule has 8 nitrogen and oxygen atoms in total. The average Bonchev–Trinajstić information content (AvgIpc) is 2.91. The Bertz CT molecular complexity index is 957. The van der Waals surface area contributed by atoms with Gasteiger partial charge < -0.3 is 29.7 Å². The van der Waals surface area contributed by atoms with Crippen LogP contribution in [0, 0.1) is 11.2 Å². The van der Waals surface area contributed by atoms with Crippen molar-refractivity contribution in [3.05, 3.63) is 47.8 Å². The number of allylic oxidation sites excluding steroid dienone is 1. The Kier molecular flexibility index (Phi) is 7.71. The number of amides is 2. The maximum absolute atomic E-state index is 13.9. The van der Waals surface area contributed by atoms with Gasteiger partial charge in [-0.15, -0.1) is 0 Å². The molecule has 1 unspecified atom stereocenters. The van der Waals surface area contributed by atoms with Crippen LogP contribution in [-0.4, -0.2) is 87.6 Å². The van der Waals surface area contributed by atoms with E-state index >= 15 is 0 Å². The van der Waals surface area contributed by atoms with Gasteiger partial charge >= 0.3 is 0 Å². The second kappa shape index (κ2) is 11.0. The first-order valence-corrected chi connectivity index (χ1v) is 13.0. The lowest BCUT2D eigenvalue weighted by Gasteiger charge is -2.45. The molecule has 4 aliphatic rings. The van der Waals surface area contributed by atoms with Crippen LogP contribution in [0.5, 0.6) is 0 Å². The van der Waals surface area contributed by atoms with E-state index in [9.17, 15) is 14.0 Å². The van der Waals surface area contributed by atoms with Gasteiger partial charge in [0.05, 0.1) is 31.3 Å². The molecular weight excluding hydrogens is 465 g/mol. The SMILES string of the molecule is O=C1N[C@H]2CN(CC[C@H]2c2ccc(F)cc2)C(=O)C2(CNCCO2)COC/C=C/CC12CCOCC2. The van der Waals surface area contributed by atoms with Gasteiger partial charge in [-0.25, -0.2) is 4.39 Å². The van der Waals surface area contributed by atoms with Crippen molar-refractivity contribution >= 4 is 11.8 Å². The highest BCUT2D eigenvalue weighted by molar-refractivity contribution is 5.87. The number of piperidine rings is 1. The summed E-state index contributed by atoms with van der Waals surface area (Å²) in [4.78, 5) is 29.5. The van der Waals surface area contributed by atoms with Gasteiger partial charge in [0.15, 0.2) is 5.60 Å². The van der Waals surface area contributed by atoms with Crippen molar-refractivity contribution in [1.82, 2.24) is 15.5 Å². The zero-order valence-electron chi connectivity index (χ0n) is 20.7. The van der Waals surface area contributed by atoms with E-state index < -0.39 is 11.0 Å². The molecule has 3 atom stereocenters. The van der Waals surface area contributed by atoms with Gasteiger partial charge in [0, 0.05) is 45.3 Å². The molecule has 2 N–H and O–H groups in total. The van der Waals surface area contributed by atoms with Crippen molar-refractivity contribution in [3.8, 4) is 0 Å². The van der Waals surface area contributed by atoms with E-state index in [0.29, 0.717) is 78.3 Å². The van der Waals surface area contributed by atoms with Gasteiger partial charge in [0.2, 0.25) is 5.91 Å². The fourth-order valence-corrected chi connectivity index (χ4v) is 5.91. The first-order chi connectivity index (χ1) is 17.5. The molecule has 0 saturated carbocycles. The third kappa shape index (κ3) is 5.20. The van der Waals surface area contributed by atoms with Crippen LogP contribution >= 0.6 is 0 Å². The summed E-state index contributed by atoms with van der Waals surface area (Å²) in [6.45, 7) is 3.99. The maximum atomic E-state index is 13.9.